The van der Waals surface area contributed by atoms with Crippen molar-refractivity contribution < 1.29 is 58.2 Å². The molecule has 25 heteroatoms. The second-order valence-corrected chi connectivity index (χ2v) is 20.4. The first-order valence-electron chi connectivity index (χ1n) is 27.4. The Bertz CT molecular complexity index is 2740. The van der Waals surface area contributed by atoms with Crippen molar-refractivity contribution in [3.8, 4) is 5.75 Å². The number of primary amides is 2. The summed E-state index contributed by atoms with van der Waals surface area (Å²) in [6.07, 6.45) is 4.91. The number of carbonyl (C=O) groups is 10. The average molecular weight is 1140 g/mol. The number of guanidine groups is 1. The molecule has 9 amide bonds. The van der Waals surface area contributed by atoms with Gasteiger partial charge in [-0.05, 0) is 99.5 Å². The van der Waals surface area contributed by atoms with Gasteiger partial charge in [-0.25, -0.2) is 0 Å². The number of hydrogen-bond acceptors (Lipinski definition) is 13. The van der Waals surface area contributed by atoms with E-state index in [0.29, 0.717) is 36.0 Å². The summed E-state index contributed by atoms with van der Waals surface area (Å²) in [5.74, 6) is -8.12. The van der Waals surface area contributed by atoms with Gasteiger partial charge >= 0.3 is 5.97 Å². The molecule has 1 fully saturated rings. The third kappa shape index (κ3) is 20.7. The van der Waals surface area contributed by atoms with Crippen LogP contribution in [0.2, 0.25) is 0 Å². The lowest BCUT2D eigenvalue weighted by atomic mass is 10.0. The van der Waals surface area contributed by atoms with Gasteiger partial charge in [-0.2, -0.15) is 0 Å². The second kappa shape index (κ2) is 32.4. The number of nitrogens with one attached hydrogen (secondary N) is 6. The minimum atomic E-state index is -1.47. The van der Waals surface area contributed by atoms with Crippen LogP contribution in [-0.2, 0) is 67.2 Å². The first kappa shape index (κ1) is 64.0. The van der Waals surface area contributed by atoms with Crippen LogP contribution in [0.4, 0.5) is 0 Å². The number of likely N-dealkylation sites (N-methyl/N-ethyl adjacent to an activating group) is 1. The number of nitrogens with two attached hydrogens (primary N) is 4. The Labute approximate surface area is 475 Å². The maximum absolute atomic E-state index is 14.8. The number of aliphatic imine (C=N–C) groups is 1. The van der Waals surface area contributed by atoms with E-state index in [0.717, 1.165) is 4.90 Å². The summed E-state index contributed by atoms with van der Waals surface area (Å²) in [6, 6.07) is 13.7. The molecule has 2 heterocycles. The minimum Gasteiger partial charge on any atom is -0.508 e. The highest BCUT2D eigenvalue weighted by Gasteiger charge is 2.41. The van der Waals surface area contributed by atoms with E-state index < -0.39 is 114 Å². The van der Waals surface area contributed by atoms with Crippen LogP contribution >= 0.6 is 0 Å². The molecule has 2 aliphatic heterocycles. The van der Waals surface area contributed by atoms with E-state index in [1.165, 1.54) is 24.1 Å². The molecule has 0 unspecified atom stereocenters. The summed E-state index contributed by atoms with van der Waals surface area (Å²) in [6.45, 7) is -0.414. The molecular weight excluding hydrogens is 1060 g/mol. The van der Waals surface area contributed by atoms with E-state index in [1.807, 2.05) is 6.08 Å². The Hall–Kier alpha value is -8.87. The Morgan fingerprint density at radius 3 is 1.95 bits per heavy atom. The first-order valence-corrected chi connectivity index (χ1v) is 27.4. The molecule has 8 atom stereocenters. The van der Waals surface area contributed by atoms with Crippen molar-refractivity contribution in [2.45, 2.75) is 138 Å². The number of carboxylic acid groups (broad SMARTS) is 1. The van der Waals surface area contributed by atoms with Gasteiger partial charge in [0.05, 0.1) is 12.6 Å². The molecule has 0 aliphatic carbocycles. The number of allylic oxidation sites excluding steroid dienone is 2. The molecular formula is C57H77N13O12. The Kier molecular flexibility index (Phi) is 25.3. The zero-order valence-corrected chi connectivity index (χ0v) is 46.0. The van der Waals surface area contributed by atoms with Crippen molar-refractivity contribution in [2.75, 3.05) is 26.7 Å². The molecule has 442 valence electrons. The van der Waals surface area contributed by atoms with Crippen molar-refractivity contribution in [1.29, 1.82) is 0 Å². The molecule has 25 nitrogen and oxygen atoms in total. The molecule has 0 spiro atoms. The third-order valence-electron chi connectivity index (χ3n) is 14.2. The topological polar surface area (TPSA) is 406 Å². The van der Waals surface area contributed by atoms with Gasteiger partial charge in [0.25, 0.3) is 0 Å². The molecule has 3 aromatic carbocycles. The highest BCUT2D eigenvalue weighted by Crippen LogP contribution is 2.22. The fraction of sp³-hybridized carbons (Fsp3) is 0.456. The van der Waals surface area contributed by atoms with Crippen LogP contribution in [-0.4, -0.2) is 160 Å². The number of aliphatic carboxylic acids is 1. The van der Waals surface area contributed by atoms with E-state index in [4.69, 9.17) is 22.9 Å². The quantitative estimate of drug-likeness (QED) is 0.0222. The van der Waals surface area contributed by atoms with Crippen molar-refractivity contribution in [3.63, 3.8) is 0 Å². The van der Waals surface area contributed by atoms with Crippen LogP contribution in [0.5, 0.6) is 5.75 Å². The summed E-state index contributed by atoms with van der Waals surface area (Å²) < 4.78 is 0. The maximum atomic E-state index is 14.8. The number of rotatable bonds is 24. The van der Waals surface area contributed by atoms with Gasteiger partial charge < -0.3 is 69.5 Å². The SMILES string of the molecule is CN1C(=O)CNC(=O)[C@H](N[C@@H](Cc2ccc(O)cc2)C(=O)O)CCC/C=C/CC[C@@H](C(=O)N2CCC[C@H]2C(=O)N[C@@H](CCC(N)=O)C(=O)N[C@@H](CCCN=C(N)N)C(=O)N[C@@H](Cc2ccccc2)C(N)=O)NC(=O)[C@@H]1Cc1ccccc1. The molecule has 0 radical (unpaired) electrons. The summed E-state index contributed by atoms with van der Waals surface area (Å²) in [5.41, 5.74) is 24.1. The molecule has 1 saturated heterocycles. The fourth-order valence-corrected chi connectivity index (χ4v) is 9.63. The number of hydrogen-bond donors (Lipinski definition) is 12. The lowest BCUT2D eigenvalue weighted by Gasteiger charge is -2.32. The zero-order chi connectivity index (χ0) is 59.7. The van der Waals surface area contributed by atoms with Gasteiger partial charge in [-0.15, -0.1) is 0 Å². The van der Waals surface area contributed by atoms with E-state index in [1.54, 1.807) is 78.9 Å². The number of benzene rings is 3. The van der Waals surface area contributed by atoms with E-state index in [-0.39, 0.29) is 95.4 Å². The number of likely N-dealkylation sites (tertiary alicyclic amines) is 1. The van der Waals surface area contributed by atoms with Crippen LogP contribution in [0, 0.1) is 0 Å². The van der Waals surface area contributed by atoms with Crippen LogP contribution in [0.15, 0.2) is 102 Å². The van der Waals surface area contributed by atoms with E-state index in [2.05, 4.69) is 36.9 Å². The van der Waals surface area contributed by atoms with Crippen LogP contribution in [0.3, 0.4) is 0 Å². The highest BCUT2D eigenvalue weighted by molar-refractivity contribution is 5.98. The predicted octanol–water partition coefficient (Wildman–Crippen LogP) is -0.970. The summed E-state index contributed by atoms with van der Waals surface area (Å²) >= 11 is 0. The normalized spacial score (nSPS) is 20.0. The molecule has 5 rings (SSSR count). The molecule has 0 aromatic heterocycles. The molecule has 3 aromatic rings. The molecule has 16 N–H and O–H groups in total. The standard InChI is InChI=1S/C57H77N13O12/c1-69-46(33-36-17-9-6-10-18-36)54(79)67-42(20-12-4-2-3-11-19-39(50(75)63-34-48(69)73)64-44(56(81)82)32-37-23-25-38(71)26-24-37)55(80)70-30-14-22-45(70)53(78)66-41(27-28-47(58)72)52(77)65-40(21-13-29-62-57(60)61)51(76)68-43(49(59)74)31-35-15-7-5-8-16-35/h2,4-10,15-18,23-26,39-46,64,71H,3,11-14,19-22,27-34H2,1H3,(H2,58,72)(H2,59,74)(H,63,75)(H,65,77)(H,66,78)(H,67,79)(H,68,76)(H,81,82)(H4,60,61,62)/b4-2+/t39-,40+,41+,42+,43+,44+,45+,46+/m1/s1. The first-order chi connectivity index (χ1) is 39.2. The number of carboxylic acids is 1. The summed E-state index contributed by atoms with van der Waals surface area (Å²) in [5, 5.41) is 36.2. The summed E-state index contributed by atoms with van der Waals surface area (Å²) in [7, 11) is 1.39. The van der Waals surface area contributed by atoms with Crippen molar-refractivity contribution in [1.82, 2.24) is 41.7 Å². The van der Waals surface area contributed by atoms with Gasteiger partial charge in [-0.3, -0.25) is 58.3 Å². The van der Waals surface area contributed by atoms with Crippen molar-refractivity contribution in [2.24, 2.45) is 27.9 Å². The van der Waals surface area contributed by atoms with Gasteiger partial charge in [0.15, 0.2) is 5.96 Å². The number of amides is 9. The molecule has 0 bridgehead atoms. The number of carbonyl (C=O) groups excluding carboxylic acids is 9. The lowest BCUT2D eigenvalue weighted by molar-refractivity contribution is -0.144. The maximum Gasteiger partial charge on any atom is 0.321 e. The third-order valence-corrected chi connectivity index (χ3v) is 14.2. The van der Waals surface area contributed by atoms with Crippen LogP contribution in [0.1, 0.15) is 87.3 Å². The highest BCUT2D eigenvalue weighted by atomic mass is 16.4. The number of nitrogens with zero attached hydrogens (tertiary/aromatic N) is 3. The zero-order valence-electron chi connectivity index (χ0n) is 46.0. The smallest absolute Gasteiger partial charge is 0.321 e. The van der Waals surface area contributed by atoms with E-state index >= 15 is 0 Å². The van der Waals surface area contributed by atoms with Gasteiger partial charge in [-0.1, -0.05) is 84.9 Å². The lowest BCUT2D eigenvalue weighted by Crippen LogP contribution is -2.60. The average Bonchev–Trinajstić information content (AvgIpc) is 3.95. The predicted molar refractivity (Wildman–Crippen MR) is 302 cm³/mol. The molecule has 0 saturated carbocycles. The molecule has 2 aliphatic rings. The minimum absolute atomic E-state index is 0.00370. The monoisotopic (exact) mass is 1140 g/mol. The fourth-order valence-electron chi connectivity index (χ4n) is 9.63. The number of aromatic hydroxyl groups is 1. The Morgan fingerprint density at radius 2 is 1.32 bits per heavy atom. The van der Waals surface area contributed by atoms with Gasteiger partial charge in [0.2, 0.25) is 53.2 Å². The number of phenolic OH excluding ortho intramolecular Hbond substituents is 1. The summed E-state index contributed by atoms with van der Waals surface area (Å²) in [4.78, 5) is 143. The molecule has 82 heavy (non-hydrogen) atoms. The van der Waals surface area contributed by atoms with Gasteiger partial charge in [0.1, 0.15) is 48.0 Å². The largest absolute Gasteiger partial charge is 0.508 e. The van der Waals surface area contributed by atoms with Gasteiger partial charge in [0, 0.05) is 39.4 Å². The number of phenols is 1. The van der Waals surface area contributed by atoms with Crippen LogP contribution < -0.4 is 54.8 Å². The van der Waals surface area contributed by atoms with Crippen LogP contribution in [0.25, 0.3) is 0 Å². The van der Waals surface area contributed by atoms with Crippen molar-refractivity contribution in [3.05, 3.63) is 114 Å². The van der Waals surface area contributed by atoms with E-state index in [9.17, 15) is 58.2 Å². The second-order valence-electron chi connectivity index (χ2n) is 20.4. The van der Waals surface area contributed by atoms with Crippen molar-refractivity contribution >= 4 is 65.1 Å². The Balaban J connectivity index is 1.37. The Morgan fingerprint density at radius 1 is 0.707 bits per heavy atom.